The number of hydrogen-bond acceptors (Lipinski definition) is 5. The highest BCUT2D eigenvalue weighted by Gasteiger charge is 2.56. The Morgan fingerprint density at radius 2 is 1.97 bits per heavy atom. The number of carbonyl (C=O) groups excluding carboxylic acids is 3. The molecule has 3 unspecified atom stereocenters. The lowest BCUT2D eigenvalue weighted by atomic mass is 9.86. The van der Waals surface area contributed by atoms with Crippen molar-refractivity contribution in [3.8, 4) is 0 Å². The highest BCUT2D eigenvalue weighted by atomic mass is 16.6. The molecule has 1 saturated heterocycles. The van der Waals surface area contributed by atoms with Gasteiger partial charge in [0.1, 0.15) is 6.54 Å². The van der Waals surface area contributed by atoms with Crippen LogP contribution in [0.2, 0.25) is 0 Å². The molecule has 2 saturated carbocycles. The van der Waals surface area contributed by atoms with Gasteiger partial charge in [0.25, 0.3) is 0 Å². The molecule has 1 spiro atoms. The van der Waals surface area contributed by atoms with Gasteiger partial charge >= 0.3 is 6.09 Å². The smallest absolute Gasteiger partial charge is 0.411 e. The van der Waals surface area contributed by atoms with Crippen LogP contribution in [0.1, 0.15) is 38.2 Å². The molecular formula is C25H28N2O5. The van der Waals surface area contributed by atoms with Crippen LogP contribution >= 0.6 is 0 Å². The van der Waals surface area contributed by atoms with E-state index in [0.29, 0.717) is 25.3 Å². The van der Waals surface area contributed by atoms with E-state index in [9.17, 15) is 19.5 Å². The van der Waals surface area contributed by atoms with Crippen molar-refractivity contribution < 1.29 is 24.2 Å². The lowest BCUT2D eigenvalue weighted by Gasteiger charge is -2.31. The quantitative estimate of drug-likeness (QED) is 0.739. The van der Waals surface area contributed by atoms with Gasteiger partial charge in [-0.05, 0) is 55.7 Å². The molecule has 32 heavy (non-hydrogen) atoms. The number of nitrogens with zero attached hydrogens (tertiary/aromatic N) is 2. The average Bonchev–Trinajstić information content (AvgIpc) is 3.51. The van der Waals surface area contributed by atoms with Crippen LogP contribution in [0.3, 0.4) is 0 Å². The first-order valence-electron chi connectivity index (χ1n) is 11.3. The van der Waals surface area contributed by atoms with Gasteiger partial charge < -0.3 is 14.7 Å². The van der Waals surface area contributed by atoms with Crippen molar-refractivity contribution in [2.45, 2.75) is 50.8 Å². The van der Waals surface area contributed by atoms with Gasteiger partial charge in [-0.1, -0.05) is 36.4 Å². The molecule has 2 amide bonds. The number of hydrogen-bond donors (Lipinski definition) is 1. The predicted octanol–water partition coefficient (Wildman–Crippen LogP) is 3.37. The van der Waals surface area contributed by atoms with Gasteiger partial charge in [-0.2, -0.15) is 0 Å². The van der Waals surface area contributed by atoms with E-state index < -0.39 is 17.6 Å². The maximum absolute atomic E-state index is 13.4. The van der Waals surface area contributed by atoms with Gasteiger partial charge in [-0.3, -0.25) is 14.5 Å². The molecule has 7 heteroatoms. The van der Waals surface area contributed by atoms with Crippen LogP contribution in [0, 0.1) is 11.8 Å². The molecule has 5 rings (SSSR count). The molecule has 3 fully saturated rings. The standard InChI is InChI=1S/C25H28N2O5/c1-16(18-7-8-18)27(13-17-5-3-2-4-6-17)22(29)14-26-15-25(32-24(26)31)12-11-19-20(25)9-10-21(28)23(19)30/h2-6,9-10,16,18-19,28H,7-8,11-15H2,1H3. The molecule has 1 N–H and O–H groups in total. The minimum atomic E-state index is -0.888. The van der Waals surface area contributed by atoms with E-state index in [0.717, 1.165) is 24.0 Å². The highest BCUT2D eigenvalue weighted by Crippen LogP contribution is 2.48. The Morgan fingerprint density at radius 3 is 2.69 bits per heavy atom. The molecule has 4 aliphatic rings. The number of Topliss-reactive ketones (excluding diaryl/α,β-unsaturated/α-hetero) is 1. The molecule has 1 aromatic carbocycles. The molecule has 168 valence electrons. The first-order valence-corrected chi connectivity index (χ1v) is 11.3. The zero-order chi connectivity index (χ0) is 22.5. The summed E-state index contributed by atoms with van der Waals surface area (Å²) in [6.07, 6.45) is 5.84. The van der Waals surface area contributed by atoms with Crippen molar-refractivity contribution in [3.05, 3.63) is 59.4 Å². The molecule has 1 heterocycles. The number of ether oxygens (including phenoxy) is 1. The first-order chi connectivity index (χ1) is 15.4. The number of fused-ring (bicyclic) bond motifs is 2. The summed E-state index contributed by atoms with van der Waals surface area (Å²) >= 11 is 0. The van der Waals surface area contributed by atoms with Gasteiger partial charge in [0, 0.05) is 12.6 Å². The van der Waals surface area contributed by atoms with Crippen molar-refractivity contribution in [2.24, 2.45) is 11.8 Å². The van der Waals surface area contributed by atoms with E-state index in [1.54, 1.807) is 6.08 Å². The molecule has 0 bridgehead atoms. The van der Waals surface area contributed by atoms with Gasteiger partial charge in [0.15, 0.2) is 11.4 Å². The summed E-state index contributed by atoms with van der Waals surface area (Å²) in [5, 5.41) is 9.76. The minimum Gasteiger partial charge on any atom is -0.504 e. The van der Waals surface area contributed by atoms with E-state index >= 15 is 0 Å². The number of allylic oxidation sites excluding steroid dienone is 3. The van der Waals surface area contributed by atoms with Crippen LogP contribution in [-0.2, 0) is 20.9 Å². The second-order valence-electron chi connectivity index (χ2n) is 9.43. The summed E-state index contributed by atoms with van der Waals surface area (Å²) in [5.74, 6) is -0.612. The van der Waals surface area contributed by atoms with E-state index in [2.05, 4.69) is 6.92 Å². The largest absolute Gasteiger partial charge is 0.504 e. The van der Waals surface area contributed by atoms with Crippen LogP contribution in [0.15, 0.2) is 53.8 Å². The average molecular weight is 437 g/mol. The summed E-state index contributed by atoms with van der Waals surface area (Å²) in [5.41, 5.74) is 0.905. The summed E-state index contributed by atoms with van der Waals surface area (Å²) < 4.78 is 5.78. The number of carbonyl (C=O) groups is 3. The molecule has 1 aliphatic heterocycles. The van der Waals surface area contributed by atoms with Gasteiger partial charge in [0.05, 0.1) is 12.5 Å². The van der Waals surface area contributed by atoms with Crippen molar-refractivity contribution in [3.63, 3.8) is 0 Å². The Morgan fingerprint density at radius 1 is 1.22 bits per heavy atom. The summed E-state index contributed by atoms with van der Waals surface area (Å²) in [6.45, 7) is 2.80. The second kappa shape index (κ2) is 7.80. The number of benzene rings is 1. The van der Waals surface area contributed by atoms with Gasteiger partial charge in [0.2, 0.25) is 11.7 Å². The predicted molar refractivity (Wildman–Crippen MR) is 116 cm³/mol. The molecule has 0 aromatic heterocycles. The van der Waals surface area contributed by atoms with Gasteiger partial charge in [-0.25, -0.2) is 4.79 Å². The Balaban J connectivity index is 1.32. The Labute approximate surface area is 187 Å². The fourth-order valence-electron chi connectivity index (χ4n) is 5.33. The first kappa shape index (κ1) is 20.8. The zero-order valence-corrected chi connectivity index (χ0v) is 18.2. The second-order valence-corrected chi connectivity index (χ2v) is 9.43. The van der Waals surface area contributed by atoms with Crippen molar-refractivity contribution >= 4 is 17.8 Å². The summed E-state index contributed by atoms with van der Waals surface area (Å²) in [6, 6.07) is 10.00. The number of aliphatic hydroxyl groups excluding tert-OH is 1. The zero-order valence-electron chi connectivity index (χ0n) is 18.2. The molecule has 3 aliphatic carbocycles. The number of amides is 2. The maximum atomic E-state index is 13.4. The van der Waals surface area contributed by atoms with Crippen LogP contribution < -0.4 is 0 Å². The highest BCUT2D eigenvalue weighted by molar-refractivity contribution is 5.99. The van der Waals surface area contributed by atoms with Crippen LogP contribution in [0.25, 0.3) is 0 Å². The lowest BCUT2D eigenvalue weighted by Crippen LogP contribution is -2.46. The van der Waals surface area contributed by atoms with Crippen LogP contribution in [0.4, 0.5) is 4.79 Å². The van der Waals surface area contributed by atoms with Crippen LogP contribution in [0.5, 0.6) is 0 Å². The third-order valence-electron chi connectivity index (χ3n) is 7.35. The van der Waals surface area contributed by atoms with E-state index in [1.165, 1.54) is 11.0 Å². The molecule has 1 aromatic rings. The van der Waals surface area contributed by atoms with E-state index in [-0.39, 0.29) is 36.6 Å². The van der Waals surface area contributed by atoms with Crippen molar-refractivity contribution in [1.29, 1.82) is 0 Å². The van der Waals surface area contributed by atoms with E-state index in [4.69, 9.17) is 4.74 Å². The third kappa shape index (κ3) is 3.59. The van der Waals surface area contributed by atoms with Gasteiger partial charge in [-0.15, -0.1) is 0 Å². The fraction of sp³-hybridized carbons (Fsp3) is 0.480. The molecule has 7 nitrogen and oxygen atoms in total. The molecule has 3 atom stereocenters. The normalized spacial score (nSPS) is 27.7. The van der Waals surface area contributed by atoms with Crippen LogP contribution in [-0.4, -0.2) is 57.4 Å². The lowest BCUT2D eigenvalue weighted by molar-refractivity contribution is -0.135. The fourth-order valence-corrected chi connectivity index (χ4v) is 5.33. The van der Waals surface area contributed by atoms with Crippen molar-refractivity contribution in [1.82, 2.24) is 9.80 Å². The maximum Gasteiger partial charge on any atom is 0.411 e. The molecular weight excluding hydrogens is 408 g/mol. The van der Waals surface area contributed by atoms with Crippen molar-refractivity contribution in [2.75, 3.05) is 13.1 Å². The van der Waals surface area contributed by atoms with E-state index in [1.807, 2.05) is 35.2 Å². The Kier molecular flexibility index (Phi) is 5.07. The topological polar surface area (TPSA) is 87.2 Å². The Hall–Kier alpha value is -3.09. The SMILES string of the molecule is CC(C1CC1)N(Cc1ccccc1)C(=O)CN1CC2(CCC3C(=O)C(O)=CC=C32)OC1=O. The Bertz CT molecular complexity index is 1010. The third-order valence-corrected chi connectivity index (χ3v) is 7.35. The minimum absolute atomic E-state index is 0.0442. The summed E-state index contributed by atoms with van der Waals surface area (Å²) in [4.78, 5) is 41.8. The number of rotatable bonds is 6. The number of ketones is 1. The monoisotopic (exact) mass is 436 g/mol. The number of aliphatic hydroxyl groups is 1. The molecule has 0 radical (unpaired) electrons. The summed E-state index contributed by atoms with van der Waals surface area (Å²) in [7, 11) is 0.